The standard InChI is InChI=1S/C25H26N4O4S/c1-27(2)18-21(16-26)25(30)24-15-20-14-19(17-28-10-12-33-13-11-28)8-9-23(20)29(24)34(31,32)22-6-4-3-5-7-22/h3-9,14-15,18H,10-13,17H2,1-2H3/b21-18+. The maximum atomic E-state index is 13.6. The lowest BCUT2D eigenvalue weighted by molar-refractivity contribution is 0.0342. The van der Waals surface area contributed by atoms with Crippen LogP contribution >= 0.6 is 0 Å². The molecular weight excluding hydrogens is 452 g/mol. The van der Waals surface area contributed by atoms with Crippen LogP contribution in [0.3, 0.4) is 0 Å². The number of rotatable bonds is 7. The minimum Gasteiger partial charge on any atom is -0.382 e. The number of hydrogen-bond acceptors (Lipinski definition) is 7. The van der Waals surface area contributed by atoms with Crippen LogP contribution < -0.4 is 0 Å². The van der Waals surface area contributed by atoms with E-state index in [0.717, 1.165) is 22.6 Å². The SMILES string of the molecule is CN(C)/C=C(\C#N)C(=O)c1cc2cc(CN3CCOCC3)ccc2n1S(=O)(=O)c1ccccc1. The van der Waals surface area contributed by atoms with Gasteiger partial charge in [-0.15, -0.1) is 0 Å². The first-order chi connectivity index (χ1) is 16.3. The number of benzene rings is 2. The number of carbonyl (C=O) groups is 1. The van der Waals surface area contributed by atoms with Crippen LogP contribution in [0.15, 0.2) is 71.3 Å². The van der Waals surface area contributed by atoms with E-state index in [4.69, 9.17) is 4.74 Å². The van der Waals surface area contributed by atoms with Crippen LogP contribution in [0.4, 0.5) is 0 Å². The van der Waals surface area contributed by atoms with Crippen molar-refractivity contribution >= 4 is 26.7 Å². The van der Waals surface area contributed by atoms with Crippen LogP contribution in [-0.2, 0) is 21.3 Å². The lowest BCUT2D eigenvalue weighted by Crippen LogP contribution is -2.35. The fourth-order valence-corrected chi connectivity index (χ4v) is 5.54. The van der Waals surface area contributed by atoms with Crippen molar-refractivity contribution in [2.45, 2.75) is 11.4 Å². The lowest BCUT2D eigenvalue weighted by atomic mass is 10.1. The highest BCUT2D eigenvalue weighted by atomic mass is 32.2. The summed E-state index contributed by atoms with van der Waals surface area (Å²) in [6.07, 6.45) is 1.39. The number of nitriles is 1. The summed E-state index contributed by atoms with van der Waals surface area (Å²) in [6, 6.07) is 16.9. The minimum absolute atomic E-state index is 0.0639. The molecule has 176 valence electrons. The van der Waals surface area contributed by atoms with Crippen molar-refractivity contribution in [1.29, 1.82) is 5.26 Å². The van der Waals surface area contributed by atoms with Crippen molar-refractivity contribution in [3.63, 3.8) is 0 Å². The van der Waals surface area contributed by atoms with E-state index in [0.29, 0.717) is 30.7 Å². The van der Waals surface area contributed by atoms with E-state index in [-0.39, 0.29) is 16.2 Å². The van der Waals surface area contributed by atoms with Crippen LogP contribution in [0.1, 0.15) is 16.1 Å². The Morgan fingerprint density at radius 3 is 2.47 bits per heavy atom. The molecule has 0 saturated carbocycles. The molecule has 1 aliphatic heterocycles. The van der Waals surface area contributed by atoms with Gasteiger partial charge in [-0.2, -0.15) is 5.26 Å². The number of Topliss-reactive ketones (excluding diaryl/α,β-unsaturated/α-hetero) is 1. The largest absolute Gasteiger partial charge is 0.382 e. The summed E-state index contributed by atoms with van der Waals surface area (Å²) in [7, 11) is -0.703. The zero-order chi connectivity index (χ0) is 24.3. The van der Waals surface area contributed by atoms with Crippen LogP contribution in [0.2, 0.25) is 0 Å². The van der Waals surface area contributed by atoms with Crippen LogP contribution in [0.5, 0.6) is 0 Å². The zero-order valence-corrected chi connectivity index (χ0v) is 20.0. The average molecular weight is 479 g/mol. The molecular formula is C25H26N4O4S. The summed E-state index contributed by atoms with van der Waals surface area (Å²) >= 11 is 0. The summed E-state index contributed by atoms with van der Waals surface area (Å²) in [5.74, 6) is -0.651. The number of fused-ring (bicyclic) bond motifs is 1. The highest BCUT2D eigenvalue weighted by Crippen LogP contribution is 2.28. The third-order valence-electron chi connectivity index (χ3n) is 5.60. The molecule has 3 aromatic rings. The molecule has 0 N–H and O–H groups in total. The van der Waals surface area contributed by atoms with Gasteiger partial charge >= 0.3 is 0 Å². The van der Waals surface area contributed by atoms with Crippen molar-refractivity contribution in [2.24, 2.45) is 0 Å². The summed E-state index contributed by atoms with van der Waals surface area (Å²) in [5, 5.41) is 10.2. The predicted molar refractivity (Wildman–Crippen MR) is 129 cm³/mol. The van der Waals surface area contributed by atoms with E-state index in [2.05, 4.69) is 4.90 Å². The zero-order valence-electron chi connectivity index (χ0n) is 19.1. The van der Waals surface area contributed by atoms with E-state index >= 15 is 0 Å². The van der Waals surface area contributed by atoms with Crippen molar-refractivity contribution in [1.82, 2.24) is 13.8 Å². The number of ether oxygens (including phenoxy) is 1. The van der Waals surface area contributed by atoms with Crippen molar-refractivity contribution in [2.75, 3.05) is 40.4 Å². The third kappa shape index (κ3) is 4.75. The third-order valence-corrected chi connectivity index (χ3v) is 7.34. The molecule has 9 heteroatoms. The molecule has 1 aromatic heterocycles. The normalized spacial score (nSPS) is 15.3. The Kier molecular flexibility index (Phi) is 6.84. The number of allylic oxidation sites excluding steroid dienone is 1. The van der Waals surface area contributed by atoms with Crippen molar-refractivity contribution in [3.05, 3.63) is 77.6 Å². The minimum atomic E-state index is -4.09. The molecule has 0 bridgehead atoms. The molecule has 0 atom stereocenters. The van der Waals surface area contributed by atoms with Crippen molar-refractivity contribution < 1.29 is 17.9 Å². The number of nitrogens with zero attached hydrogens (tertiary/aromatic N) is 4. The summed E-state index contributed by atoms with van der Waals surface area (Å²) in [6.45, 7) is 3.71. The van der Waals surface area contributed by atoms with Gasteiger partial charge in [0.25, 0.3) is 10.0 Å². The van der Waals surface area contributed by atoms with E-state index < -0.39 is 15.8 Å². The smallest absolute Gasteiger partial charge is 0.268 e. The lowest BCUT2D eigenvalue weighted by Gasteiger charge is -2.26. The summed E-state index contributed by atoms with van der Waals surface area (Å²) < 4.78 is 33.8. The first kappa shape index (κ1) is 23.7. The molecule has 0 radical (unpaired) electrons. The van der Waals surface area contributed by atoms with Gasteiger partial charge in [0.15, 0.2) is 0 Å². The number of hydrogen-bond donors (Lipinski definition) is 0. The number of aromatic nitrogens is 1. The first-order valence-electron chi connectivity index (χ1n) is 10.9. The maximum absolute atomic E-state index is 13.6. The van der Waals surface area contributed by atoms with Gasteiger partial charge in [0.1, 0.15) is 17.3 Å². The van der Waals surface area contributed by atoms with Crippen LogP contribution in [0, 0.1) is 11.3 Å². The second-order valence-electron chi connectivity index (χ2n) is 8.34. The fraction of sp³-hybridized carbons (Fsp3) is 0.280. The molecule has 34 heavy (non-hydrogen) atoms. The predicted octanol–water partition coefficient (Wildman–Crippen LogP) is 2.86. The molecule has 0 aliphatic carbocycles. The fourth-order valence-electron chi connectivity index (χ4n) is 4.01. The number of ketones is 1. The van der Waals surface area contributed by atoms with Gasteiger partial charge in [0, 0.05) is 45.3 Å². The molecule has 8 nitrogen and oxygen atoms in total. The summed E-state index contributed by atoms with van der Waals surface area (Å²) in [4.78, 5) is 17.3. The topological polar surface area (TPSA) is 95.6 Å². The Morgan fingerprint density at radius 2 is 1.82 bits per heavy atom. The molecule has 2 heterocycles. The Balaban J connectivity index is 1.87. The van der Waals surface area contributed by atoms with Gasteiger partial charge in [0.05, 0.1) is 23.6 Å². The van der Waals surface area contributed by atoms with E-state index in [1.54, 1.807) is 49.3 Å². The van der Waals surface area contributed by atoms with Gasteiger partial charge in [-0.25, -0.2) is 12.4 Å². The molecule has 0 amide bonds. The quantitative estimate of drug-likeness (QED) is 0.293. The van der Waals surface area contributed by atoms with E-state index in [1.165, 1.54) is 18.3 Å². The Hall–Kier alpha value is -3.45. The average Bonchev–Trinajstić information content (AvgIpc) is 3.23. The van der Waals surface area contributed by atoms with Gasteiger partial charge in [-0.05, 0) is 35.9 Å². The highest BCUT2D eigenvalue weighted by Gasteiger charge is 2.28. The first-order valence-corrected chi connectivity index (χ1v) is 12.3. The monoisotopic (exact) mass is 478 g/mol. The molecule has 1 aliphatic rings. The maximum Gasteiger partial charge on any atom is 0.268 e. The van der Waals surface area contributed by atoms with Gasteiger partial charge in [-0.1, -0.05) is 24.3 Å². The molecule has 4 rings (SSSR count). The Bertz CT molecular complexity index is 1380. The second kappa shape index (κ2) is 9.81. The summed E-state index contributed by atoms with van der Waals surface area (Å²) in [5.41, 5.74) is 1.18. The van der Waals surface area contributed by atoms with Crippen molar-refractivity contribution in [3.8, 4) is 6.07 Å². The molecule has 2 aromatic carbocycles. The molecule has 0 unspecified atom stereocenters. The molecule has 0 spiro atoms. The molecule has 1 fully saturated rings. The Labute approximate surface area is 199 Å². The van der Waals surface area contributed by atoms with Gasteiger partial charge < -0.3 is 9.64 Å². The van der Waals surface area contributed by atoms with Gasteiger partial charge in [-0.3, -0.25) is 9.69 Å². The van der Waals surface area contributed by atoms with Crippen LogP contribution in [-0.4, -0.2) is 68.4 Å². The number of carbonyl (C=O) groups excluding carboxylic acids is 1. The van der Waals surface area contributed by atoms with E-state index in [1.807, 2.05) is 18.2 Å². The Morgan fingerprint density at radius 1 is 1.12 bits per heavy atom. The van der Waals surface area contributed by atoms with Crippen LogP contribution in [0.25, 0.3) is 10.9 Å². The highest BCUT2D eigenvalue weighted by molar-refractivity contribution is 7.90. The van der Waals surface area contributed by atoms with Gasteiger partial charge in [0.2, 0.25) is 5.78 Å². The number of morpholine rings is 1. The molecule has 1 saturated heterocycles. The second-order valence-corrected chi connectivity index (χ2v) is 10.1. The van der Waals surface area contributed by atoms with E-state index in [9.17, 15) is 18.5 Å².